The summed E-state index contributed by atoms with van der Waals surface area (Å²) in [4.78, 5) is 0. The van der Waals surface area contributed by atoms with Crippen molar-refractivity contribution in [2.75, 3.05) is 13.2 Å². The molecule has 0 aromatic heterocycles. The largest absolute Gasteiger partial charge is 0.394 e. The van der Waals surface area contributed by atoms with Gasteiger partial charge in [0.15, 0.2) is 6.29 Å². The number of benzene rings is 1. The lowest BCUT2D eigenvalue weighted by Crippen LogP contribution is -2.52. The molecule has 1 unspecified atom stereocenters. The molecule has 1 saturated heterocycles. The molecule has 6 heteroatoms. The number of hydrogen-bond acceptors (Lipinski definition) is 6. The van der Waals surface area contributed by atoms with Crippen LogP contribution in [-0.4, -0.2) is 58.1 Å². The van der Waals surface area contributed by atoms with Gasteiger partial charge in [0, 0.05) is 5.56 Å². The van der Waals surface area contributed by atoms with Gasteiger partial charge in [0.25, 0.3) is 0 Å². The van der Waals surface area contributed by atoms with Crippen LogP contribution in [0.4, 0.5) is 0 Å². The zero-order valence-corrected chi connectivity index (χ0v) is 10.3. The molecule has 106 valence electrons. The first-order valence-corrected chi connectivity index (χ1v) is 6.10. The Bertz CT molecular complexity index is 384. The second kappa shape index (κ2) is 6.42. The van der Waals surface area contributed by atoms with Crippen molar-refractivity contribution in [2.45, 2.75) is 30.7 Å². The van der Waals surface area contributed by atoms with Crippen LogP contribution in [0.1, 0.15) is 11.9 Å². The van der Waals surface area contributed by atoms with E-state index in [1.807, 2.05) is 18.2 Å². The molecule has 0 bridgehead atoms. The molecule has 1 aromatic rings. The van der Waals surface area contributed by atoms with Gasteiger partial charge in [-0.15, -0.1) is 0 Å². The number of ether oxygens (including phenoxy) is 2. The Labute approximate surface area is 110 Å². The molecule has 19 heavy (non-hydrogen) atoms. The van der Waals surface area contributed by atoms with E-state index in [1.165, 1.54) is 0 Å². The highest BCUT2D eigenvalue weighted by Gasteiger charge is 2.39. The van der Waals surface area contributed by atoms with E-state index >= 15 is 0 Å². The molecule has 1 aromatic carbocycles. The van der Waals surface area contributed by atoms with Crippen molar-refractivity contribution in [3.63, 3.8) is 0 Å². The number of rotatable bonds is 4. The minimum Gasteiger partial charge on any atom is -0.394 e. The minimum atomic E-state index is -1.38. The Morgan fingerprint density at radius 2 is 1.89 bits per heavy atom. The first-order chi connectivity index (χ1) is 9.13. The average Bonchev–Trinajstić information content (AvgIpc) is 2.47. The van der Waals surface area contributed by atoms with E-state index in [4.69, 9.17) is 14.6 Å². The number of aliphatic hydroxyl groups is 4. The summed E-state index contributed by atoms with van der Waals surface area (Å²) in [6.07, 6.45) is -5.53. The van der Waals surface area contributed by atoms with Gasteiger partial charge < -0.3 is 29.9 Å². The van der Waals surface area contributed by atoms with Gasteiger partial charge in [0.1, 0.15) is 24.4 Å². The molecular weight excluding hydrogens is 252 g/mol. The molecule has 1 aliphatic rings. The predicted molar refractivity (Wildman–Crippen MR) is 65.1 cm³/mol. The first-order valence-electron chi connectivity index (χ1n) is 6.10. The monoisotopic (exact) mass is 270 g/mol. The van der Waals surface area contributed by atoms with Crippen LogP contribution in [0.2, 0.25) is 0 Å². The maximum atomic E-state index is 9.83. The van der Waals surface area contributed by atoms with Crippen LogP contribution in [0.3, 0.4) is 0 Å². The van der Waals surface area contributed by atoms with Crippen LogP contribution < -0.4 is 0 Å². The maximum Gasteiger partial charge on any atom is 0.184 e. The van der Waals surface area contributed by atoms with Crippen molar-refractivity contribution in [1.82, 2.24) is 0 Å². The van der Waals surface area contributed by atoms with Crippen molar-refractivity contribution in [3.05, 3.63) is 35.9 Å². The molecule has 0 saturated carbocycles. The SMILES string of the molecule is OC[C@H](O)[C@@H](O)[C@@H]1OC(c2ccccc2)OC[C@H]1O. The standard InChI is InChI=1S/C13H18O6/c14-6-9(15)11(17)12-10(16)7-18-13(19-12)8-4-2-1-3-5-8/h1-5,9-17H,6-7H2/t9-,10+,11+,12+,13?/m0/s1. The van der Waals surface area contributed by atoms with Crippen LogP contribution in [0, 0.1) is 0 Å². The molecule has 0 radical (unpaired) electrons. The Kier molecular flexibility index (Phi) is 4.87. The lowest BCUT2D eigenvalue weighted by Gasteiger charge is -2.37. The highest BCUT2D eigenvalue weighted by atomic mass is 16.7. The van der Waals surface area contributed by atoms with Gasteiger partial charge in [-0.05, 0) is 0 Å². The van der Waals surface area contributed by atoms with Gasteiger partial charge in [-0.1, -0.05) is 30.3 Å². The third-order valence-electron chi connectivity index (χ3n) is 3.07. The third-order valence-corrected chi connectivity index (χ3v) is 3.07. The van der Waals surface area contributed by atoms with Crippen LogP contribution in [0.5, 0.6) is 0 Å². The molecule has 6 nitrogen and oxygen atoms in total. The van der Waals surface area contributed by atoms with E-state index in [9.17, 15) is 15.3 Å². The van der Waals surface area contributed by atoms with E-state index in [0.717, 1.165) is 5.56 Å². The van der Waals surface area contributed by atoms with Gasteiger partial charge in [-0.3, -0.25) is 0 Å². The molecule has 0 spiro atoms. The van der Waals surface area contributed by atoms with Crippen molar-refractivity contribution >= 4 is 0 Å². The molecule has 0 aliphatic carbocycles. The highest BCUT2D eigenvalue weighted by Crippen LogP contribution is 2.28. The first kappa shape index (κ1) is 14.4. The van der Waals surface area contributed by atoms with E-state index in [-0.39, 0.29) is 6.61 Å². The van der Waals surface area contributed by atoms with Gasteiger partial charge in [-0.25, -0.2) is 0 Å². The summed E-state index contributed by atoms with van der Waals surface area (Å²) in [5.74, 6) is 0. The Hall–Kier alpha value is -1.02. The smallest absolute Gasteiger partial charge is 0.184 e. The Balaban J connectivity index is 2.08. The van der Waals surface area contributed by atoms with Crippen molar-refractivity contribution in [1.29, 1.82) is 0 Å². The van der Waals surface area contributed by atoms with Crippen LogP contribution in [0.15, 0.2) is 30.3 Å². The van der Waals surface area contributed by atoms with Crippen molar-refractivity contribution in [2.24, 2.45) is 0 Å². The summed E-state index contributed by atoms with van der Waals surface area (Å²) < 4.78 is 10.8. The quantitative estimate of drug-likeness (QED) is 0.570. The Morgan fingerprint density at radius 1 is 1.21 bits per heavy atom. The summed E-state index contributed by atoms with van der Waals surface area (Å²) >= 11 is 0. The molecular formula is C13H18O6. The lowest BCUT2D eigenvalue weighted by atomic mass is 10.0. The summed E-state index contributed by atoms with van der Waals surface area (Å²) in [5, 5.41) is 37.8. The molecule has 1 fully saturated rings. The second-order valence-electron chi connectivity index (χ2n) is 4.48. The second-order valence-corrected chi connectivity index (χ2v) is 4.48. The summed E-state index contributed by atoms with van der Waals surface area (Å²) in [5.41, 5.74) is 0.755. The highest BCUT2D eigenvalue weighted by molar-refractivity contribution is 5.16. The molecule has 1 heterocycles. The fraction of sp³-hybridized carbons (Fsp3) is 0.538. The van der Waals surface area contributed by atoms with Crippen LogP contribution in [0.25, 0.3) is 0 Å². The van der Waals surface area contributed by atoms with Gasteiger partial charge >= 0.3 is 0 Å². The topological polar surface area (TPSA) is 99.4 Å². The molecule has 0 amide bonds. The van der Waals surface area contributed by atoms with Gasteiger partial charge in [0.05, 0.1) is 13.2 Å². The van der Waals surface area contributed by atoms with Gasteiger partial charge in [-0.2, -0.15) is 0 Å². The van der Waals surface area contributed by atoms with E-state index < -0.39 is 37.3 Å². The van der Waals surface area contributed by atoms with Gasteiger partial charge in [0.2, 0.25) is 0 Å². The third kappa shape index (κ3) is 3.30. The van der Waals surface area contributed by atoms with E-state index in [0.29, 0.717) is 0 Å². The fourth-order valence-corrected chi connectivity index (χ4v) is 1.97. The number of hydrogen-bond donors (Lipinski definition) is 4. The van der Waals surface area contributed by atoms with Crippen molar-refractivity contribution < 1.29 is 29.9 Å². The molecule has 4 N–H and O–H groups in total. The van der Waals surface area contributed by atoms with Crippen LogP contribution in [-0.2, 0) is 9.47 Å². The minimum absolute atomic E-state index is 0.0144. The summed E-state index contributed by atoms with van der Waals surface area (Å²) in [6.45, 7) is -0.621. The van der Waals surface area contributed by atoms with Crippen molar-refractivity contribution in [3.8, 4) is 0 Å². The summed E-state index contributed by atoms with van der Waals surface area (Å²) in [7, 11) is 0. The zero-order chi connectivity index (χ0) is 13.8. The van der Waals surface area contributed by atoms with Crippen LogP contribution >= 0.6 is 0 Å². The molecule has 2 rings (SSSR count). The number of aliphatic hydroxyl groups excluding tert-OH is 4. The maximum absolute atomic E-state index is 9.83. The predicted octanol–water partition coefficient (Wildman–Crippen LogP) is -0.824. The zero-order valence-electron chi connectivity index (χ0n) is 10.3. The fourth-order valence-electron chi connectivity index (χ4n) is 1.97. The normalized spacial score (nSPS) is 30.8. The van der Waals surface area contributed by atoms with E-state index in [1.54, 1.807) is 12.1 Å². The average molecular weight is 270 g/mol. The lowest BCUT2D eigenvalue weighted by molar-refractivity contribution is -0.284. The van der Waals surface area contributed by atoms with E-state index in [2.05, 4.69) is 0 Å². The summed E-state index contributed by atoms with van der Waals surface area (Å²) in [6, 6.07) is 9.09. The molecule has 1 aliphatic heterocycles. The Morgan fingerprint density at radius 3 is 2.53 bits per heavy atom. The molecule has 5 atom stereocenters.